The van der Waals surface area contributed by atoms with Crippen LogP contribution in [0.4, 0.5) is 5.95 Å². The molecule has 0 bridgehead atoms. The number of aromatic nitrogens is 4. The molecule has 0 unspecified atom stereocenters. The second kappa shape index (κ2) is 9.18. The van der Waals surface area contributed by atoms with Gasteiger partial charge in [-0.15, -0.1) is 6.58 Å². The zero-order valence-electron chi connectivity index (χ0n) is 14.9. The number of benzene rings is 2. The SMILES string of the molecule is C=CCn1nnnc1NCc1cc(OC)c(OCc2ccccc2)cc1Br. The number of halogens is 1. The summed E-state index contributed by atoms with van der Waals surface area (Å²) in [6, 6.07) is 13.8. The van der Waals surface area contributed by atoms with Crippen molar-refractivity contribution in [1.82, 2.24) is 20.2 Å². The van der Waals surface area contributed by atoms with E-state index in [-0.39, 0.29) is 0 Å². The molecule has 8 heteroatoms. The van der Waals surface area contributed by atoms with Crippen LogP contribution in [0.1, 0.15) is 11.1 Å². The lowest BCUT2D eigenvalue weighted by Crippen LogP contribution is -2.09. The van der Waals surface area contributed by atoms with E-state index in [1.165, 1.54) is 0 Å². The van der Waals surface area contributed by atoms with E-state index in [1.54, 1.807) is 17.9 Å². The van der Waals surface area contributed by atoms with Crippen LogP contribution in [0.3, 0.4) is 0 Å². The van der Waals surface area contributed by atoms with Gasteiger partial charge in [-0.05, 0) is 33.7 Å². The smallest absolute Gasteiger partial charge is 0.243 e. The average Bonchev–Trinajstić information content (AvgIpc) is 3.14. The molecule has 0 saturated heterocycles. The minimum atomic E-state index is 0.470. The van der Waals surface area contributed by atoms with Gasteiger partial charge in [0.15, 0.2) is 11.5 Å². The third-order valence-electron chi connectivity index (χ3n) is 3.84. The molecule has 3 rings (SSSR count). The van der Waals surface area contributed by atoms with Crippen molar-refractivity contribution in [2.75, 3.05) is 12.4 Å². The van der Waals surface area contributed by atoms with Crippen LogP contribution in [-0.2, 0) is 19.7 Å². The highest BCUT2D eigenvalue weighted by Crippen LogP contribution is 2.34. The molecule has 1 N–H and O–H groups in total. The van der Waals surface area contributed by atoms with Crippen LogP contribution in [0, 0.1) is 0 Å². The van der Waals surface area contributed by atoms with Crippen LogP contribution < -0.4 is 14.8 Å². The first-order valence-corrected chi connectivity index (χ1v) is 9.14. The molecular weight excluding hydrogens is 410 g/mol. The normalized spacial score (nSPS) is 10.4. The Bertz CT molecular complexity index is 898. The fourth-order valence-electron chi connectivity index (χ4n) is 2.47. The second-order valence-corrected chi connectivity index (χ2v) is 6.55. The Hall–Kier alpha value is -2.87. The van der Waals surface area contributed by atoms with Gasteiger partial charge in [-0.1, -0.05) is 57.4 Å². The summed E-state index contributed by atoms with van der Waals surface area (Å²) in [5.41, 5.74) is 2.09. The lowest BCUT2D eigenvalue weighted by atomic mass is 10.2. The molecule has 27 heavy (non-hydrogen) atoms. The quantitative estimate of drug-likeness (QED) is 0.521. The van der Waals surface area contributed by atoms with Crippen LogP contribution in [0.25, 0.3) is 0 Å². The van der Waals surface area contributed by atoms with Gasteiger partial charge >= 0.3 is 0 Å². The number of nitrogens with one attached hydrogen (secondary N) is 1. The number of rotatable bonds is 9. The van der Waals surface area contributed by atoms with Crippen LogP contribution in [0.15, 0.2) is 59.6 Å². The Morgan fingerprint density at radius 3 is 2.78 bits per heavy atom. The Labute approximate surface area is 166 Å². The number of hydrogen-bond donors (Lipinski definition) is 1. The van der Waals surface area contributed by atoms with Gasteiger partial charge in [-0.3, -0.25) is 0 Å². The van der Waals surface area contributed by atoms with Gasteiger partial charge in [0.05, 0.1) is 13.7 Å². The van der Waals surface area contributed by atoms with E-state index in [9.17, 15) is 0 Å². The van der Waals surface area contributed by atoms with Gasteiger partial charge in [0.2, 0.25) is 5.95 Å². The minimum Gasteiger partial charge on any atom is -0.493 e. The number of allylic oxidation sites excluding steroid dienone is 1. The van der Waals surface area contributed by atoms with Gasteiger partial charge in [0.1, 0.15) is 6.61 Å². The molecule has 0 radical (unpaired) electrons. The number of nitrogens with zero attached hydrogens (tertiary/aromatic N) is 4. The van der Waals surface area contributed by atoms with Crippen molar-refractivity contribution in [2.45, 2.75) is 19.7 Å². The third kappa shape index (κ3) is 4.85. The van der Waals surface area contributed by atoms with Crippen molar-refractivity contribution >= 4 is 21.9 Å². The van der Waals surface area contributed by atoms with E-state index < -0.39 is 0 Å². The summed E-state index contributed by atoms with van der Waals surface area (Å²) >= 11 is 3.60. The van der Waals surface area contributed by atoms with Crippen LogP contribution >= 0.6 is 15.9 Å². The van der Waals surface area contributed by atoms with Crippen molar-refractivity contribution in [1.29, 1.82) is 0 Å². The number of methoxy groups -OCH3 is 1. The number of anilines is 1. The fourth-order valence-corrected chi connectivity index (χ4v) is 2.93. The predicted molar refractivity (Wildman–Crippen MR) is 107 cm³/mol. The highest BCUT2D eigenvalue weighted by Gasteiger charge is 2.12. The highest BCUT2D eigenvalue weighted by molar-refractivity contribution is 9.10. The molecule has 3 aromatic rings. The predicted octanol–water partition coefficient (Wildman–Crippen LogP) is 3.82. The summed E-state index contributed by atoms with van der Waals surface area (Å²) in [6.45, 7) is 5.22. The summed E-state index contributed by atoms with van der Waals surface area (Å²) in [6.07, 6.45) is 1.74. The Kier molecular flexibility index (Phi) is 6.43. The number of hydrogen-bond acceptors (Lipinski definition) is 6. The molecular formula is C19H20BrN5O2. The first-order valence-electron chi connectivity index (χ1n) is 8.35. The summed E-state index contributed by atoms with van der Waals surface area (Å²) in [7, 11) is 1.63. The monoisotopic (exact) mass is 429 g/mol. The van der Waals surface area contributed by atoms with Crippen molar-refractivity contribution in [3.63, 3.8) is 0 Å². The molecule has 7 nitrogen and oxygen atoms in total. The van der Waals surface area contributed by atoms with Crippen LogP contribution in [0.2, 0.25) is 0 Å². The largest absolute Gasteiger partial charge is 0.493 e. The fraction of sp³-hybridized carbons (Fsp3) is 0.211. The summed E-state index contributed by atoms with van der Waals surface area (Å²) < 4.78 is 14.0. The zero-order valence-corrected chi connectivity index (χ0v) is 16.5. The van der Waals surface area contributed by atoms with E-state index in [0.29, 0.717) is 37.1 Å². The maximum Gasteiger partial charge on any atom is 0.243 e. The van der Waals surface area contributed by atoms with Crippen molar-refractivity contribution < 1.29 is 9.47 Å². The average molecular weight is 430 g/mol. The Morgan fingerprint density at radius 2 is 2.04 bits per heavy atom. The Balaban J connectivity index is 1.71. The van der Waals surface area contributed by atoms with E-state index >= 15 is 0 Å². The maximum absolute atomic E-state index is 5.93. The van der Waals surface area contributed by atoms with Gasteiger partial charge in [-0.25, -0.2) is 4.68 Å². The topological polar surface area (TPSA) is 74.1 Å². The first-order chi connectivity index (χ1) is 13.2. The number of tetrazole rings is 1. The highest BCUT2D eigenvalue weighted by atomic mass is 79.9. The third-order valence-corrected chi connectivity index (χ3v) is 4.58. The molecule has 0 fully saturated rings. The molecule has 0 atom stereocenters. The molecule has 2 aromatic carbocycles. The zero-order chi connectivity index (χ0) is 19.1. The maximum atomic E-state index is 5.93. The Morgan fingerprint density at radius 1 is 1.22 bits per heavy atom. The lowest BCUT2D eigenvalue weighted by Gasteiger charge is -2.14. The molecule has 1 heterocycles. The molecule has 1 aromatic heterocycles. The van der Waals surface area contributed by atoms with Crippen molar-refractivity contribution in [2.24, 2.45) is 0 Å². The van der Waals surface area contributed by atoms with Crippen molar-refractivity contribution in [3.05, 3.63) is 70.7 Å². The summed E-state index contributed by atoms with van der Waals surface area (Å²) in [5.74, 6) is 1.91. The second-order valence-electron chi connectivity index (χ2n) is 5.70. The lowest BCUT2D eigenvalue weighted by molar-refractivity contribution is 0.284. The van der Waals surface area contributed by atoms with E-state index in [4.69, 9.17) is 9.47 Å². The number of ether oxygens (including phenoxy) is 2. The molecule has 0 aliphatic heterocycles. The van der Waals surface area contributed by atoms with E-state index in [0.717, 1.165) is 15.6 Å². The summed E-state index contributed by atoms with van der Waals surface area (Å²) in [5, 5.41) is 14.8. The van der Waals surface area contributed by atoms with Gasteiger partial charge < -0.3 is 14.8 Å². The van der Waals surface area contributed by atoms with Gasteiger partial charge in [0, 0.05) is 11.0 Å². The van der Waals surface area contributed by atoms with Crippen molar-refractivity contribution in [3.8, 4) is 11.5 Å². The van der Waals surface area contributed by atoms with E-state index in [2.05, 4.69) is 43.4 Å². The van der Waals surface area contributed by atoms with Crippen LogP contribution in [0.5, 0.6) is 11.5 Å². The minimum absolute atomic E-state index is 0.470. The van der Waals surface area contributed by atoms with Gasteiger partial charge in [0.25, 0.3) is 0 Å². The standard InChI is InChI=1S/C19H20BrN5O2/c1-3-9-25-19(22-23-24-25)21-12-15-10-17(26-2)18(11-16(15)20)27-13-14-7-5-4-6-8-14/h3-8,10-11H,1,9,12-13H2,2H3,(H,21,22,24). The molecule has 0 aliphatic rings. The van der Waals surface area contributed by atoms with E-state index in [1.807, 2.05) is 42.5 Å². The molecule has 0 saturated carbocycles. The van der Waals surface area contributed by atoms with Gasteiger partial charge in [-0.2, -0.15) is 0 Å². The molecule has 0 aliphatic carbocycles. The summed E-state index contributed by atoms with van der Waals surface area (Å²) in [4.78, 5) is 0. The first kappa shape index (κ1) is 18.9. The molecule has 140 valence electrons. The molecule has 0 amide bonds. The van der Waals surface area contributed by atoms with Crippen LogP contribution in [-0.4, -0.2) is 27.3 Å². The molecule has 0 spiro atoms.